The highest BCUT2D eigenvalue weighted by Crippen LogP contribution is 2.29. The fourth-order valence-corrected chi connectivity index (χ4v) is 2.78. The lowest BCUT2D eigenvalue weighted by Crippen LogP contribution is -2.48. The fourth-order valence-electron chi connectivity index (χ4n) is 1.74. The second-order valence-corrected chi connectivity index (χ2v) is 6.92. The van der Waals surface area contributed by atoms with Gasteiger partial charge < -0.3 is 10.6 Å². The number of carbonyl (C=O) groups excluding carboxylic acids is 1. The minimum absolute atomic E-state index is 0. The highest BCUT2D eigenvalue weighted by Gasteiger charge is 2.24. The van der Waals surface area contributed by atoms with E-state index in [1.165, 1.54) is 11.3 Å². The quantitative estimate of drug-likeness (QED) is 0.899. The third kappa shape index (κ3) is 3.91. The van der Waals surface area contributed by atoms with E-state index in [1.807, 2.05) is 6.92 Å². The molecule has 4 nitrogen and oxygen atoms in total. The SMILES string of the molecule is Cc1nc(C(C)(C)C)sc1C(=O)NCC1CNC1.Cl. The zero-order chi connectivity index (χ0) is 13.3. The molecule has 2 rings (SSSR count). The molecule has 0 saturated carbocycles. The first-order chi connectivity index (χ1) is 8.38. The summed E-state index contributed by atoms with van der Waals surface area (Å²) in [5, 5.41) is 7.22. The number of thiazole rings is 1. The van der Waals surface area contributed by atoms with Crippen molar-refractivity contribution >= 4 is 29.7 Å². The van der Waals surface area contributed by atoms with Crippen molar-refractivity contribution in [1.29, 1.82) is 0 Å². The van der Waals surface area contributed by atoms with E-state index < -0.39 is 0 Å². The van der Waals surface area contributed by atoms with Crippen molar-refractivity contribution in [1.82, 2.24) is 15.6 Å². The van der Waals surface area contributed by atoms with Crippen molar-refractivity contribution in [2.75, 3.05) is 19.6 Å². The van der Waals surface area contributed by atoms with E-state index in [9.17, 15) is 4.79 Å². The summed E-state index contributed by atoms with van der Waals surface area (Å²) in [6.45, 7) is 11.0. The molecule has 6 heteroatoms. The summed E-state index contributed by atoms with van der Waals surface area (Å²) in [6, 6.07) is 0. The molecule has 108 valence electrons. The molecular formula is C13H22ClN3OS. The minimum atomic E-state index is 0. The molecule has 0 radical (unpaired) electrons. The first-order valence-electron chi connectivity index (χ1n) is 6.34. The molecule has 1 amide bonds. The summed E-state index contributed by atoms with van der Waals surface area (Å²) in [6.07, 6.45) is 0. The van der Waals surface area contributed by atoms with E-state index >= 15 is 0 Å². The zero-order valence-corrected chi connectivity index (χ0v) is 13.5. The van der Waals surface area contributed by atoms with Crippen LogP contribution in [0.25, 0.3) is 0 Å². The molecule has 0 aliphatic carbocycles. The number of rotatable bonds is 3. The maximum absolute atomic E-state index is 12.1. The molecule has 0 atom stereocenters. The molecule has 2 N–H and O–H groups in total. The Morgan fingerprint density at radius 1 is 1.47 bits per heavy atom. The molecule has 0 aromatic carbocycles. The van der Waals surface area contributed by atoms with Gasteiger partial charge in [0, 0.05) is 31.0 Å². The molecule has 2 heterocycles. The van der Waals surface area contributed by atoms with Crippen LogP contribution in [0.15, 0.2) is 0 Å². The van der Waals surface area contributed by atoms with Gasteiger partial charge in [0.1, 0.15) is 4.88 Å². The number of amides is 1. The van der Waals surface area contributed by atoms with Gasteiger partial charge >= 0.3 is 0 Å². The topological polar surface area (TPSA) is 54.0 Å². The molecular weight excluding hydrogens is 282 g/mol. The van der Waals surface area contributed by atoms with E-state index in [0.29, 0.717) is 5.92 Å². The van der Waals surface area contributed by atoms with E-state index in [2.05, 4.69) is 36.4 Å². The maximum Gasteiger partial charge on any atom is 0.263 e. The number of hydrogen-bond donors (Lipinski definition) is 2. The lowest BCUT2D eigenvalue weighted by Gasteiger charge is -2.26. The predicted molar refractivity (Wildman–Crippen MR) is 81.5 cm³/mol. The van der Waals surface area contributed by atoms with E-state index in [4.69, 9.17) is 0 Å². The summed E-state index contributed by atoms with van der Waals surface area (Å²) in [5.74, 6) is 0.608. The fraction of sp³-hybridized carbons (Fsp3) is 0.692. The van der Waals surface area contributed by atoms with Gasteiger partial charge in [-0.3, -0.25) is 4.79 Å². The average molecular weight is 304 g/mol. The number of halogens is 1. The van der Waals surface area contributed by atoms with Gasteiger partial charge in [0.25, 0.3) is 5.91 Å². The number of nitrogens with zero attached hydrogens (tertiary/aromatic N) is 1. The molecule has 0 unspecified atom stereocenters. The normalized spacial score (nSPS) is 15.6. The lowest BCUT2D eigenvalue weighted by atomic mass is 9.98. The molecule has 1 fully saturated rings. The van der Waals surface area contributed by atoms with Crippen LogP contribution in [0.5, 0.6) is 0 Å². The average Bonchev–Trinajstić information content (AvgIpc) is 2.57. The summed E-state index contributed by atoms with van der Waals surface area (Å²) < 4.78 is 0. The Bertz CT molecular complexity index is 449. The van der Waals surface area contributed by atoms with E-state index in [0.717, 1.165) is 35.2 Å². The Balaban J connectivity index is 0.00000180. The molecule has 0 bridgehead atoms. The number of carbonyl (C=O) groups is 1. The van der Waals surface area contributed by atoms with Gasteiger partial charge in [-0.15, -0.1) is 23.7 Å². The van der Waals surface area contributed by atoms with Crippen LogP contribution in [0, 0.1) is 12.8 Å². The third-order valence-corrected chi connectivity index (χ3v) is 4.64. The Morgan fingerprint density at radius 3 is 2.53 bits per heavy atom. The van der Waals surface area contributed by atoms with Gasteiger partial charge in [-0.05, 0) is 6.92 Å². The third-order valence-electron chi connectivity index (χ3n) is 3.06. The number of nitrogens with one attached hydrogen (secondary N) is 2. The Kier molecular flexibility index (Phi) is 5.35. The number of aryl methyl sites for hydroxylation is 1. The van der Waals surface area contributed by atoms with Crippen LogP contribution >= 0.6 is 23.7 Å². The number of hydrogen-bond acceptors (Lipinski definition) is 4. The monoisotopic (exact) mass is 303 g/mol. The highest BCUT2D eigenvalue weighted by molar-refractivity contribution is 7.14. The van der Waals surface area contributed by atoms with Gasteiger partial charge in [-0.1, -0.05) is 20.8 Å². The summed E-state index contributed by atoms with van der Waals surface area (Å²) in [5.41, 5.74) is 0.848. The molecule has 1 saturated heterocycles. The zero-order valence-electron chi connectivity index (χ0n) is 11.9. The highest BCUT2D eigenvalue weighted by atomic mass is 35.5. The van der Waals surface area contributed by atoms with Crippen LogP contribution < -0.4 is 10.6 Å². The van der Waals surface area contributed by atoms with Crippen LogP contribution in [0.3, 0.4) is 0 Å². The minimum Gasteiger partial charge on any atom is -0.351 e. The predicted octanol–water partition coefficient (Wildman–Crippen LogP) is 2.12. The molecule has 1 aliphatic rings. The smallest absolute Gasteiger partial charge is 0.263 e. The second kappa shape index (κ2) is 6.20. The Hall–Kier alpha value is -0.650. The molecule has 19 heavy (non-hydrogen) atoms. The van der Waals surface area contributed by atoms with Gasteiger partial charge in [0.15, 0.2) is 0 Å². The van der Waals surface area contributed by atoms with Crippen molar-refractivity contribution in [3.05, 3.63) is 15.6 Å². The van der Waals surface area contributed by atoms with Crippen molar-refractivity contribution in [2.24, 2.45) is 5.92 Å². The Morgan fingerprint density at radius 2 is 2.11 bits per heavy atom. The molecule has 0 spiro atoms. The van der Waals surface area contributed by atoms with Crippen molar-refractivity contribution in [3.63, 3.8) is 0 Å². The first-order valence-corrected chi connectivity index (χ1v) is 7.16. The summed E-state index contributed by atoms with van der Waals surface area (Å²) >= 11 is 1.51. The van der Waals surface area contributed by atoms with Crippen LogP contribution in [-0.2, 0) is 5.41 Å². The van der Waals surface area contributed by atoms with E-state index in [1.54, 1.807) is 0 Å². The lowest BCUT2D eigenvalue weighted by molar-refractivity contribution is 0.0945. The van der Waals surface area contributed by atoms with Gasteiger partial charge in [-0.25, -0.2) is 4.98 Å². The Labute approximate surface area is 124 Å². The van der Waals surface area contributed by atoms with Crippen molar-refractivity contribution in [2.45, 2.75) is 33.1 Å². The summed E-state index contributed by atoms with van der Waals surface area (Å²) in [7, 11) is 0. The van der Waals surface area contributed by atoms with Gasteiger partial charge in [-0.2, -0.15) is 0 Å². The van der Waals surface area contributed by atoms with Crippen molar-refractivity contribution in [3.8, 4) is 0 Å². The van der Waals surface area contributed by atoms with Crippen LogP contribution in [0.1, 0.15) is 41.1 Å². The standard InChI is InChI=1S/C13H21N3OS.ClH/c1-8-10(18-12(16-8)13(2,3)4)11(17)15-7-9-5-14-6-9;/h9,14H,5-7H2,1-4H3,(H,15,17);1H. The van der Waals surface area contributed by atoms with E-state index in [-0.39, 0.29) is 23.7 Å². The van der Waals surface area contributed by atoms with Crippen LogP contribution in [-0.4, -0.2) is 30.5 Å². The summed E-state index contributed by atoms with van der Waals surface area (Å²) in [4.78, 5) is 17.4. The largest absolute Gasteiger partial charge is 0.351 e. The van der Waals surface area contributed by atoms with Crippen LogP contribution in [0.4, 0.5) is 0 Å². The number of aromatic nitrogens is 1. The maximum atomic E-state index is 12.1. The molecule has 1 aromatic heterocycles. The molecule has 1 aliphatic heterocycles. The van der Waals surface area contributed by atoms with Gasteiger partial charge in [0.2, 0.25) is 0 Å². The first kappa shape index (κ1) is 16.4. The molecule has 1 aromatic rings. The van der Waals surface area contributed by atoms with Crippen molar-refractivity contribution < 1.29 is 4.79 Å². The van der Waals surface area contributed by atoms with Gasteiger partial charge in [0.05, 0.1) is 10.7 Å². The van der Waals surface area contributed by atoms with Crippen LogP contribution in [0.2, 0.25) is 0 Å². The second-order valence-electron chi connectivity index (χ2n) is 5.92.